The molecule has 1 amide bonds. The number of rotatable bonds is 4. The van der Waals surface area contributed by atoms with Crippen molar-refractivity contribution in [1.29, 1.82) is 0 Å². The van der Waals surface area contributed by atoms with E-state index in [-0.39, 0.29) is 11.7 Å². The van der Waals surface area contributed by atoms with Gasteiger partial charge in [0.05, 0.1) is 16.8 Å². The van der Waals surface area contributed by atoms with Gasteiger partial charge in [-0.25, -0.2) is 4.39 Å². The first-order valence-electron chi connectivity index (χ1n) is 9.23. The van der Waals surface area contributed by atoms with Crippen molar-refractivity contribution in [2.75, 3.05) is 38.5 Å². The second-order valence-electron chi connectivity index (χ2n) is 6.98. The summed E-state index contributed by atoms with van der Waals surface area (Å²) in [5.74, 6) is -0.162. The van der Waals surface area contributed by atoms with Crippen LogP contribution in [0.2, 0.25) is 0 Å². The van der Waals surface area contributed by atoms with Crippen molar-refractivity contribution in [3.8, 4) is 0 Å². The van der Waals surface area contributed by atoms with E-state index in [4.69, 9.17) is 5.73 Å². The van der Waals surface area contributed by atoms with Gasteiger partial charge < -0.3 is 15.6 Å². The topological polar surface area (TPSA) is 65.4 Å². The van der Waals surface area contributed by atoms with Crippen LogP contribution in [0.5, 0.6) is 0 Å². The van der Waals surface area contributed by atoms with Crippen molar-refractivity contribution in [2.24, 2.45) is 0 Å². The number of aromatic amines is 1. The molecule has 3 N–H and O–H groups in total. The maximum absolute atomic E-state index is 13.0. The quantitative estimate of drug-likeness (QED) is 0.746. The number of amides is 1. The lowest BCUT2D eigenvalue weighted by Crippen LogP contribution is -2.49. The Labute approximate surface area is 157 Å². The fourth-order valence-corrected chi connectivity index (χ4v) is 3.64. The van der Waals surface area contributed by atoms with Gasteiger partial charge in [0.2, 0.25) is 0 Å². The molecular formula is C21H23FN4O. The van der Waals surface area contributed by atoms with Crippen molar-refractivity contribution < 1.29 is 9.18 Å². The zero-order valence-electron chi connectivity index (χ0n) is 15.1. The predicted octanol–water partition coefficient (Wildman–Crippen LogP) is 2.89. The van der Waals surface area contributed by atoms with Gasteiger partial charge in [-0.15, -0.1) is 0 Å². The van der Waals surface area contributed by atoms with Gasteiger partial charge >= 0.3 is 0 Å². The van der Waals surface area contributed by atoms with Gasteiger partial charge in [0.15, 0.2) is 0 Å². The van der Waals surface area contributed by atoms with Crippen LogP contribution in [0.4, 0.5) is 10.1 Å². The Morgan fingerprint density at radius 1 is 1.07 bits per heavy atom. The molecule has 27 heavy (non-hydrogen) atoms. The molecule has 3 aromatic rings. The summed E-state index contributed by atoms with van der Waals surface area (Å²) in [6.07, 6.45) is 2.62. The molecule has 0 atom stereocenters. The number of nitrogens with zero attached hydrogens (tertiary/aromatic N) is 2. The second kappa shape index (κ2) is 7.40. The minimum Gasteiger partial charge on any atom is -0.397 e. The van der Waals surface area contributed by atoms with Crippen molar-refractivity contribution in [3.63, 3.8) is 0 Å². The summed E-state index contributed by atoms with van der Waals surface area (Å²) in [6, 6.07) is 12.3. The molecule has 140 valence electrons. The summed E-state index contributed by atoms with van der Waals surface area (Å²) in [4.78, 5) is 20.3. The van der Waals surface area contributed by atoms with E-state index in [0.29, 0.717) is 24.3 Å². The number of para-hydroxylation sites is 1. The molecule has 1 aromatic heterocycles. The number of benzene rings is 2. The summed E-state index contributed by atoms with van der Waals surface area (Å²) in [5, 5.41) is 0.888. The van der Waals surface area contributed by atoms with Crippen molar-refractivity contribution in [1.82, 2.24) is 14.8 Å². The SMILES string of the molecule is Nc1c[nH]c2c(C(=O)N3CCN(CCc4ccc(F)cc4)CC3)cccc12. The van der Waals surface area contributed by atoms with E-state index >= 15 is 0 Å². The molecule has 0 unspecified atom stereocenters. The van der Waals surface area contributed by atoms with Crippen LogP contribution in [0.1, 0.15) is 15.9 Å². The molecule has 1 fully saturated rings. The van der Waals surface area contributed by atoms with Crippen LogP contribution >= 0.6 is 0 Å². The monoisotopic (exact) mass is 366 g/mol. The predicted molar refractivity (Wildman–Crippen MR) is 105 cm³/mol. The highest BCUT2D eigenvalue weighted by Gasteiger charge is 2.23. The normalized spacial score (nSPS) is 15.4. The van der Waals surface area contributed by atoms with Crippen LogP contribution in [0.25, 0.3) is 10.9 Å². The first kappa shape index (κ1) is 17.5. The summed E-state index contributed by atoms with van der Waals surface area (Å²) in [7, 11) is 0. The second-order valence-corrected chi connectivity index (χ2v) is 6.98. The minimum absolute atomic E-state index is 0.0423. The number of piperazine rings is 1. The van der Waals surface area contributed by atoms with Gasteiger partial charge in [0, 0.05) is 44.3 Å². The van der Waals surface area contributed by atoms with E-state index in [0.717, 1.165) is 42.5 Å². The highest BCUT2D eigenvalue weighted by Crippen LogP contribution is 2.24. The number of fused-ring (bicyclic) bond motifs is 1. The van der Waals surface area contributed by atoms with Gasteiger partial charge in [-0.2, -0.15) is 0 Å². The lowest BCUT2D eigenvalue weighted by Gasteiger charge is -2.34. The Balaban J connectivity index is 1.35. The van der Waals surface area contributed by atoms with Gasteiger partial charge in [-0.3, -0.25) is 9.69 Å². The number of nitrogens with two attached hydrogens (primary N) is 1. The summed E-state index contributed by atoms with van der Waals surface area (Å²) >= 11 is 0. The number of H-pyrrole nitrogens is 1. The molecule has 0 radical (unpaired) electrons. The number of carbonyl (C=O) groups excluding carboxylic acids is 1. The van der Waals surface area contributed by atoms with Crippen LogP contribution in [0.15, 0.2) is 48.7 Å². The molecule has 0 aliphatic carbocycles. The maximum Gasteiger partial charge on any atom is 0.256 e. The third-order valence-electron chi connectivity index (χ3n) is 5.27. The highest BCUT2D eigenvalue weighted by atomic mass is 19.1. The average Bonchev–Trinajstić information content (AvgIpc) is 3.09. The number of halogens is 1. The summed E-state index contributed by atoms with van der Waals surface area (Å²) < 4.78 is 13.0. The Morgan fingerprint density at radius 3 is 2.56 bits per heavy atom. The lowest BCUT2D eigenvalue weighted by atomic mass is 10.1. The number of aromatic nitrogens is 1. The van der Waals surface area contributed by atoms with Crippen molar-refractivity contribution in [3.05, 3.63) is 65.6 Å². The summed E-state index contributed by atoms with van der Waals surface area (Å²) in [6.45, 7) is 4.01. The van der Waals surface area contributed by atoms with Gasteiger partial charge in [0.1, 0.15) is 5.82 Å². The highest BCUT2D eigenvalue weighted by molar-refractivity contribution is 6.08. The molecule has 0 spiro atoms. The molecular weight excluding hydrogens is 343 g/mol. The Bertz CT molecular complexity index is 942. The van der Waals surface area contributed by atoms with E-state index in [2.05, 4.69) is 9.88 Å². The molecule has 1 aliphatic rings. The van der Waals surface area contributed by atoms with Crippen molar-refractivity contribution >= 4 is 22.5 Å². The van der Waals surface area contributed by atoms with E-state index in [1.165, 1.54) is 12.1 Å². The third kappa shape index (κ3) is 3.66. The Kier molecular flexibility index (Phi) is 4.81. The first-order valence-corrected chi connectivity index (χ1v) is 9.23. The Morgan fingerprint density at radius 2 is 1.81 bits per heavy atom. The van der Waals surface area contributed by atoms with Gasteiger partial charge in [-0.1, -0.05) is 24.3 Å². The molecule has 0 saturated carbocycles. The zero-order valence-corrected chi connectivity index (χ0v) is 15.1. The molecule has 4 rings (SSSR count). The van der Waals surface area contributed by atoms with Crippen LogP contribution in [-0.2, 0) is 6.42 Å². The molecule has 2 heterocycles. The van der Waals surface area contributed by atoms with E-state index in [1.54, 1.807) is 6.20 Å². The summed E-state index contributed by atoms with van der Waals surface area (Å²) in [5.41, 5.74) is 9.21. The molecule has 1 saturated heterocycles. The van der Waals surface area contributed by atoms with Crippen LogP contribution in [0.3, 0.4) is 0 Å². The molecule has 6 heteroatoms. The molecule has 0 bridgehead atoms. The number of nitrogen functional groups attached to an aromatic ring is 1. The third-order valence-corrected chi connectivity index (χ3v) is 5.27. The fourth-order valence-electron chi connectivity index (χ4n) is 3.64. The largest absolute Gasteiger partial charge is 0.397 e. The average molecular weight is 366 g/mol. The number of carbonyl (C=O) groups is 1. The van der Waals surface area contributed by atoms with E-state index in [9.17, 15) is 9.18 Å². The van der Waals surface area contributed by atoms with Gasteiger partial charge in [0.25, 0.3) is 5.91 Å². The molecule has 1 aliphatic heterocycles. The smallest absolute Gasteiger partial charge is 0.256 e. The van der Waals surface area contributed by atoms with Crippen molar-refractivity contribution in [2.45, 2.75) is 6.42 Å². The number of anilines is 1. The molecule has 5 nitrogen and oxygen atoms in total. The Hall–Kier alpha value is -2.86. The zero-order chi connectivity index (χ0) is 18.8. The fraction of sp³-hybridized carbons (Fsp3) is 0.286. The standard InChI is InChI=1S/C21H23FN4O/c22-16-6-4-15(5-7-16)8-9-25-10-12-26(13-11-25)21(27)18-3-1-2-17-19(23)14-24-20(17)18/h1-7,14,24H,8-13,23H2. The number of nitrogens with one attached hydrogen (secondary N) is 1. The minimum atomic E-state index is -0.204. The van der Waals surface area contributed by atoms with Crippen LogP contribution < -0.4 is 5.73 Å². The lowest BCUT2D eigenvalue weighted by molar-refractivity contribution is 0.0640. The van der Waals surface area contributed by atoms with Crippen LogP contribution in [0, 0.1) is 5.82 Å². The van der Waals surface area contributed by atoms with Crippen LogP contribution in [-0.4, -0.2) is 53.4 Å². The first-order chi connectivity index (χ1) is 13.1. The molecule has 2 aromatic carbocycles. The van der Waals surface area contributed by atoms with E-state index < -0.39 is 0 Å². The number of hydrogen-bond donors (Lipinski definition) is 2. The number of hydrogen-bond acceptors (Lipinski definition) is 3. The van der Waals surface area contributed by atoms with E-state index in [1.807, 2.05) is 35.2 Å². The maximum atomic E-state index is 13.0. The van der Waals surface area contributed by atoms with Gasteiger partial charge in [-0.05, 0) is 30.2 Å².